The molecule has 0 spiro atoms. The predicted octanol–water partition coefficient (Wildman–Crippen LogP) is 3.45. The summed E-state index contributed by atoms with van der Waals surface area (Å²) in [6.45, 7) is 6.84. The Labute approximate surface area is 137 Å². The molecule has 7 heteroatoms. The summed E-state index contributed by atoms with van der Waals surface area (Å²) >= 11 is 4.39. The minimum absolute atomic E-state index is 0.0424. The second kappa shape index (κ2) is 6.44. The fourth-order valence-electron chi connectivity index (χ4n) is 2.17. The lowest BCUT2D eigenvalue weighted by Gasteiger charge is -2.24. The van der Waals surface area contributed by atoms with Crippen LogP contribution < -0.4 is 0 Å². The third kappa shape index (κ3) is 4.26. The van der Waals surface area contributed by atoms with Gasteiger partial charge < -0.3 is 9.64 Å². The zero-order valence-corrected chi connectivity index (χ0v) is 14.8. The van der Waals surface area contributed by atoms with E-state index in [1.54, 1.807) is 4.90 Å². The smallest absolute Gasteiger partial charge is 0.410 e. The Kier molecular flexibility index (Phi) is 5.03. The minimum Gasteiger partial charge on any atom is -0.444 e. The highest BCUT2D eigenvalue weighted by Crippen LogP contribution is 2.29. The number of hydrogen-bond acceptors (Lipinski definition) is 5. The first-order valence-corrected chi connectivity index (χ1v) is 8.73. The van der Waals surface area contributed by atoms with E-state index in [0.717, 1.165) is 12.1 Å². The quantitative estimate of drug-likeness (QED) is 0.600. The zero-order valence-electron chi connectivity index (χ0n) is 12.4. The van der Waals surface area contributed by atoms with E-state index in [1.807, 2.05) is 26.8 Å². The van der Waals surface area contributed by atoms with Gasteiger partial charge in [-0.1, -0.05) is 15.9 Å². The van der Waals surface area contributed by atoms with Crippen molar-refractivity contribution in [2.45, 2.75) is 38.7 Å². The molecule has 0 N–H and O–H groups in total. The fourth-order valence-corrected chi connectivity index (χ4v) is 3.41. The van der Waals surface area contributed by atoms with Crippen molar-refractivity contribution in [2.24, 2.45) is 0 Å². The van der Waals surface area contributed by atoms with E-state index in [-0.39, 0.29) is 17.8 Å². The third-order valence-electron chi connectivity index (χ3n) is 3.18. The number of carbonyl (C=O) groups excluding carboxylic acids is 2. The fraction of sp³-hybridized carbons (Fsp3) is 0.643. The largest absolute Gasteiger partial charge is 0.444 e. The van der Waals surface area contributed by atoms with Crippen molar-refractivity contribution < 1.29 is 14.3 Å². The van der Waals surface area contributed by atoms with Crippen LogP contribution in [0.4, 0.5) is 4.79 Å². The molecule has 0 saturated carbocycles. The maximum atomic E-state index is 12.0. The molecule has 1 atom stereocenters. The Balaban J connectivity index is 1.97. The average molecular weight is 375 g/mol. The summed E-state index contributed by atoms with van der Waals surface area (Å²) in [6, 6.07) is 1.84. The third-order valence-corrected chi connectivity index (χ3v) is 4.54. The molecule has 1 fully saturated rings. The lowest BCUT2D eigenvalue weighted by atomic mass is 10.0. The number of aromatic nitrogens is 1. The second-order valence-corrected chi connectivity index (χ2v) is 7.45. The molecule has 1 amide bonds. The van der Waals surface area contributed by atoms with Gasteiger partial charge >= 0.3 is 6.09 Å². The number of ketones is 1. The van der Waals surface area contributed by atoms with Gasteiger partial charge in [0.2, 0.25) is 0 Å². The number of amides is 1. The normalized spacial score (nSPS) is 18.9. The van der Waals surface area contributed by atoms with Gasteiger partial charge in [-0.3, -0.25) is 4.79 Å². The Morgan fingerprint density at radius 2 is 2.24 bits per heavy atom. The van der Waals surface area contributed by atoms with Crippen molar-refractivity contribution in [2.75, 3.05) is 18.4 Å². The van der Waals surface area contributed by atoms with Gasteiger partial charge in [0.05, 0.1) is 15.9 Å². The molecule has 21 heavy (non-hydrogen) atoms. The van der Waals surface area contributed by atoms with Crippen molar-refractivity contribution in [1.29, 1.82) is 0 Å². The van der Waals surface area contributed by atoms with Crippen LogP contribution in [0.2, 0.25) is 0 Å². The van der Waals surface area contributed by atoms with E-state index in [9.17, 15) is 9.59 Å². The van der Waals surface area contributed by atoms with Gasteiger partial charge in [-0.05, 0) is 44.8 Å². The summed E-state index contributed by atoms with van der Waals surface area (Å²) in [7, 11) is 0. The molecule has 2 heterocycles. The summed E-state index contributed by atoms with van der Waals surface area (Å²) < 4.78 is 9.73. The lowest BCUT2D eigenvalue weighted by molar-refractivity contribution is 0.0292. The highest BCUT2D eigenvalue weighted by molar-refractivity contribution is 9.09. The predicted molar refractivity (Wildman–Crippen MR) is 85.4 cm³/mol. The molecule has 1 aromatic rings. The van der Waals surface area contributed by atoms with E-state index in [4.69, 9.17) is 4.74 Å². The number of Topliss-reactive ketones (excluding diaryl/α,β-unsaturated/α-hetero) is 1. The van der Waals surface area contributed by atoms with E-state index < -0.39 is 5.60 Å². The summed E-state index contributed by atoms with van der Waals surface area (Å²) in [5.74, 6) is 0.228. The Hall–Kier alpha value is -0.950. The van der Waals surface area contributed by atoms with Crippen LogP contribution in [0.15, 0.2) is 6.07 Å². The molecule has 1 saturated heterocycles. The topological polar surface area (TPSA) is 59.5 Å². The molecule has 0 aliphatic carbocycles. The van der Waals surface area contributed by atoms with Crippen LogP contribution in [-0.4, -0.2) is 45.2 Å². The number of rotatable bonds is 3. The molecular weight excluding hydrogens is 356 g/mol. The van der Waals surface area contributed by atoms with Crippen LogP contribution in [0, 0.1) is 0 Å². The number of hydrogen-bond donors (Lipinski definition) is 0. The van der Waals surface area contributed by atoms with Crippen LogP contribution >= 0.6 is 27.5 Å². The maximum absolute atomic E-state index is 12.0. The monoisotopic (exact) mass is 374 g/mol. The maximum Gasteiger partial charge on any atom is 0.410 e. The van der Waals surface area contributed by atoms with Gasteiger partial charge in [-0.15, -0.1) is 0 Å². The lowest BCUT2D eigenvalue weighted by Crippen LogP contribution is -2.35. The number of halogens is 1. The van der Waals surface area contributed by atoms with Crippen LogP contribution in [-0.2, 0) is 4.74 Å². The van der Waals surface area contributed by atoms with Gasteiger partial charge in [0, 0.05) is 19.0 Å². The Morgan fingerprint density at radius 1 is 1.52 bits per heavy atom. The van der Waals surface area contributed by atoms with Gasteiger partial charge in [0.25, 0.3) is 0 Å². The van der Waals surface area contributed by atoms with Crippen molar-refractivity contribution in [1.82, 2.24) is 9.27 Å². The first-order valence-electron chi connectivity index (χ1n) is 6.84. The second-order valence-electron chi connectivity index (χ2n) is 6.08. The van der Waals surface area contributed by atoms with Gasteiger partial charge in [-0.2, -0.15) is 4.37 Å². The highest BCUT2D eigenvalue weighted by atomic mass is 79.9. The SMILES string of the molecule is CC(C)(C)OC(=O)N1CCC(c2cc(C(=O)CBr)sn2)C1. The minimum atomic E-state index is -0.481. The van der Waals surface area contributed by atoms with Crippen LogP contribution in [0.25, 0.3) is 0 Å². The average Bonchev–Trinajstić information content (AvgIpc) is 3.04. The van der Waals surface area contributed by atoms with E-state index >= 15 is 0 Å². The van der Waals surface area contributed by atoms with Crippen molar-refractivity contribution in [3.8, 4) is 0 Å². The molecule has 1 unspecified atom stereocenters. The van der Waals surface area contributed by atoms with E-state index in [1.165, 1.54) is 11.5 Å². The standard InChI is InChI=1S/C14H19BrN2O3S/c1-14(2,3)20-13(19)17-5-4-9(8-17)10-6-12(21-16-10)11(18)7-15/h6,9H,4-5,7-8H2,1-3H3. The van der Waals surface area contributed by atoms with E-state index in [0.29, 0.717) is 23.3 Å². The molecule has 1 aromatic heterocycles. The Morgan fingerprint density at radius 3 is 2.86 bits per heavy atom. The van der Waals surface area contributed by atoms with Gasteiger partial charge in [0.1, 0.15) is 5.60 Å². The number of nitrogens with zero attached hydrogens (tertiary/aromatic N) is 2. The van der Waals surface area contributed by atoms with Crippen molar-refractivity contribution in [3.05, 3.63) is 16.6 Å². The molecule has 1 aliphatic heterocycles. The summed E-state index contributed by atoms with van der Waals surface area (Å²) in [4.78, 5) is 26.0. The number of likely N-dealkylation sites (tertiary alicyclic amines) is 1. The summed E-state index contributed by atoms with van der Waals surface area (Å²) in [5, 5.41) is 0.309. The molecule has 116 valence electrons. The van der Waals surface area contributed by atoms with Crippen molar-refractivity contribution in [3.63, 3.8) is 0 Å². The van der Waals surface area contributed by atoms with E-state index in [2.05, 4.69) is 20.3 Å². The number of ether oxygens (including phenoxy) is 1. The summed E-state index contributed by atoms with van der Waals surface area (Å²) in [6.07, 6.45) is 0.572. The molecule has 0 bridgehead atoms. The first-order chi connectivity index (χ1) is 9.80. The van der Waals surface area contributed by atoms with Gasteiger partial charge in [0.15, 0.2) is 5.78 Å². The molecule has 0 aromatic carbocycles. The molecule has 2 rings (SSSR count). The molecule has 5 nitrogen and oxygen atoms in total. The molecule has 0 radical (unpaired) electrons. The Bertz CT molecular complexity index is 539. The van der Waals surface area contributed by atoms with Crippen LogP contribution in [0.1, 0.15) is 48.5 Å². The highest BCUT2D eigenvalue weighted by Gasteiger charge is 2.31. The number of alkyl halides is 1. The molecule has 1 aliphatic rings. The molecular formula is C14H19BrN2O3S. The summed E-state index contributed by atoms with van der Waals surface area (Å²) in [5.41, 5.74) is 0.418. The van der Waals surface area contributed by atoms with Crippen molar-refractivity contribution >= 4 is 39.3 Å². The zero-order chi connectivity index (χ0) is 15.6. The number of carbonyl (C=O) groups is 2. The van der Waals surface area contributed by atoms with Crippen LogP contribution in [0.5, 0.6) is 0 Å². The first kappa shape index (κ1) is 16.4. The van der Waals surface area contributed by atoms with Crippen LogP contribution in [0.3, 0.4) is 0 Å². The van der Waals surface area contributed by atoms with Gasteiger partial charge in [-0.25, -0.2) is 4.79 Å².